The fourth-order valence-electron chi connectivity index (χ4n) is 2.30. The van der Waals surface area contributed by atoms with E-state index in [1.54, 1.807) is 0 Å². The molecule has 0 spiro atoms. The van der Waals surface area contributed by atoms with Crippen molar-refractivity contribution >= 4 is 0 Å². The molecular formula is C14H29NO. The van der Waals surface area contributed by atoms with Crippen molar-refractivity contribution in [1.29, 1.82) is 0 Å². The molecule has 0 aromatic rings. The molecule has 0 aromatic heterocycles. The lowest BCUT2D eigenvalue weighted by Gasteiger charge is -2.10. The molecule has 1 N–H and O–H groups in total. The van der Waals surface area contributed by atoms with Gasteiger partial charge in [-0.1, -0.05) is 39.5 Å². The lowest BCUT2D eigenvalue weighted by atomic mass is 10.0. The summed E-state index contributed by atoms with van der Waals surface area (Å²) in [6, 6.07) is 0. The molecular weight excluding hydrogens is 198 g/mol. The first-order chi connectivity index (χ1) is 7.79. The molecule has 1 aliphatic carbocycles. The molecule has 0 heterocycles. The van der Waals surface area contributed by atoms with E-state index in [4.69, 9.17) is 4.74 Å². The van der Waals surface area contributed by atoms with Gasteiger partial charge in [0, 0.05) is 13.2 Å². The SMILES string of the molecule is CC(C)CCOCCNCCC1CCCC1. The standard InChI is InChI=1S/C14H29NO/c1-13(2)8-11-16-12-10-15-9-7-14-5-3-4-6-14/h13-15H,3-12H2,1-2H3. The van der Waals surface area contributed by atoms with Crippen LogP contribution in [0.25, 0.3) is 0 Å². The van der Waals surface area contributed by atoms with Gasteiger partial charge in [0.15, 0.2) is 0 Å². The van der Waals surface area contributed by atoms with Gasteiger partial charge in [-0.15, -0.1) is 0 Å². The molecule has 16 heavy (non-hydrogen) atoms. The van der Waals surface area contributed by atoms with E-state index in [0.29, 0.717) is 0 Å². The molecule has 1 saturated carbocycles. The molecule has 0 aromatic carbocycles. The Labute approximate surface area is 101 Å². The summed E-state index contributed by atoms with van der Waals surface area (Å²) in [5.41, 5.74) is 0. The van der Waals surface area contributed by atoms with Gasteiger partial charge in [0.1, 0.15) is 0 Å². The van der Waals surface area contributed by atoms with E-state index in [1.807, 2.05) is 0 Å². The van der Waals surface area contributed by atoms with Crippen molar-refractivity contribution in [2.75, 3.05) is 26.3 Å². The molecule has 0 aliphatic heterocycles. The predicted molar refractivity (Wildman–Crippen MR) is 69.7 cm³/mol. The molecule has 2 nitrogen and oxygen atoms in total. The Kier molecular flexibility index (Phi) is 7.87. The monoisotopic (exact) mass is 227 g/mol. The van der Waals surface area contributed by atoms with Crippen molar-refractivity contribution < 1.29 is 4.74 Å². The smallest absolute Gasteiger partial charge is 0.0590 e. The molecule has 0 atom stereocenters. The summed E-state index contributed by atoms with van der Waals surface area (Å²) in [6.45, 7) is 8.47. The normalized spacial score (nSPS) is 17.4. The van der Waals surface area contributed by atoms with Crippen LogP contribution in [0.1, 0.15) is 52.4 Å². The second-order valence-corrected chi connectivity index (χ2v) is 5.48. The maximum atomic E-state index is 5.55. The van der Waals surface area contributed by atoms with Gasteiger partial charge in [-0.25, -0.2) is 0 Å². The molecule has 0 unspecified atom stereocenters. The van der Waals surface area contributed by atoms with Crippen molar-refractivity contribution in [3.05, 3.63) is 0 Å². The van der Waals surface area contributed by atoms with Gasteiger partial charge in [-0.3, -0.25) is 0 Å². The summed E-state index contributed by atoms with van der Waals surface area (Å²) in [5.74, 6) is 1.77. The Morgan fingerprint density at radius 3 is 2.56 bits per heavy atom. The second kappa shape index (κ2) is 9.00. The average molecular weight is 227 g/mol. The average Bonchev–Trinajstić information content (AvgIpc) is 2.74. The zero-order valence-electron chi connectivity index (χ0n) is 11.1. The van der Waals surface area contributed by atoms with Gasteiger partial charge >= 0.3 is 0 Å². The first-order valence-corrected chi connectivity index (χ1v) is 7.07. The van der Waals surface area contributed by atoms with Gasteiger partial charge in [0.25, 0.3) is 0 Å². The van der Waals surface area contributed by atoms with E-state index in [2.05, 4.69) is 19.2 Å². The lowest BCUT2D eigenvalue weighted by molar-refractivity contribution is 0.125. The maximum absolute atomic E-state index is 5.55. The number of hydrogen-bond donors (Lipinski definition) is 1. The summed E-state index contributed by atoms with van der Waals surface area (Å²) in [7, 11) is 0. The van der Waals surface area contributed by atoms with Crippen molar-refractivity contribution in [1.82, 2.24) is 5.32 Å². The van der Waals surface area contributed by atoms with Gasteiger partial charge in [0.2, 0.25) is 0 Å². The maximum Gasteiger partial charge on any atom is 0.0590 e. The second-order valence-electron chi connectivity index (χ2n) is 5.48. The first kappa shape index (κ1) is 14.0. The molecule has 0 saturated heterocycles. The molecule has 0 radical (unpaired) electrons. The van der Waals surface area contributed by atoms with Crippen LogP contribution in [0, 0.1) is 11.8 Å². The molecule has 96 valence electrons. The van der Waals surface area contributed by atoms with Crippen LogP contribution in [0.5, 0.6) is 0 Å². The summed E-state index contributed by atoms with van der Waals surface area (Å²) < 4.78 is 5.55. The quantitative estimate of drug-likeness (QED) is 0.611. The van der Waals surface area contributed by atoms with Crippen LogP contribution in [0.2, 0.25) is 0 Å². The molecule has 1 aliphatic rings. The summed E-state index contributed by atoms with van der Waals surface area (Å²) in [5, 5.41) is 3.48. The van der Waals surface area contributed by atoms with Crippen LogP contribution >= 0.6 is 0 Å². The minimum atomic E-state index is 0.760. The van der Waals surface area contributed by atoms with Gasteiger partial charge in [0.05, 0.1) is 6.61 Å². The third-order valence-electron chi connectivity index (χ3n) is 3.47. The van der Waals surface area contributed by atoms with Crippen molar-refractivity contribution in [3.63, 3.8) is 0 Å². The van der Waals surface area contributed by atoms with Gasteiger partial charge in [-0.05, 0) is 31.2 Å². The van der Waals surface area contributed by atoms with Crippen molar-refractivity contribution in [2.24, 2.45) is 11.8 Å². The fourth-order valence-corrected chi connectivity index (χ4v) is 2.30. The molecule has 1 rings (SSSR count). The third-order valence-corrected chi connectivity index (χ3v) is 3.47. The highest BCUT2D eigenvalue weighted by Crippen LogP contribution is 2.26. The molecule has 0 bridgehead atoms. The zero-order chi connectivity index (χ0) is 11.6. The Morgan fingerprint density at radius 1 is 1.12 bits per heavy atom. The number of ether oxygens (including phenoxy) is 1. The first-order valence-electron chi connectivity index (χ1n) is 7.07. The molecule has 2 heteroatoms. The van der Waals surface area contributed by atoms with E-state index in [0.717, 1.165) is 31.6 Å². The summed E-state index contributed by atoms with van der Waals surface area (Å²) in [4.78, 5) is 0. The fraction of sp³-hybridized carbons (Fsp3) is 1.00. The lowest BCUT2D eigenvalue weighted by Crippen LogP contribution is -2.22. The van der Waals surface area contributed by atoms with Crippen molar-refractivity contribution in [2.45, 2.75) is 52.4 Å². The Balaban J connectivity index is 1.74. The van der Waals surface area contributed by atoms with E-state index in [-0.39, 0.29) is 0 Å². The zero-order valence-corrected chi connectivity index (χ0v) is 11.1. The van der Waals surface area contributed by atoms with Crippen LogP contribution in [0.4, 0.5) is 0 Å². The third kappa shape index (κ3) is 7.24. The number of rotatable bonds is 9. The Hall–Kier alpha value is -0.0800. The van der Waals surface area contributed by atoms with Gasteiger partial charge in [-0.2, -0.15) is 0 Å². The van der Waals surface area contributed by atoms with Crippen LogP contribution in [-0.2, 0) is 4.74 Å². The Morgan fingerprint density at radius 2 is 1.88 bits per heavy atom. The van der Waals surface area contributed by atoms with E-state index < -0.39 is 0 Å². The molecule has 1 fully saturated rings. The van der Waals surface area contributed by atoms with Crippen LogP contribution in [-0.4, -0.2) is 26.3 Å². The topological polar surface area (TPSA) is 21.3 Å². The molecule has 0 amide bonds. The van der Waals surface area contributed by atoms with E-state index in [1.165, 1.54) is 45.1 Å². The minimum Gasteiger partial charge on any atom is -0.380 e. The van der Waals surface area contributed by atoms with Crippen LogP contribution in [0.3, 0.4) is 0 Å². The van der Waals surface area contributed by atoms with Crippen molar-refractivity contribution in [3.8, 4) is 0 Å². The van der Waals surface area contributed by atoms with E-state index >= 15 is 0 Å². The summed E-state index contributed by atoms with van der Waals surface area (Å²) >= 11 is 0. The Bertz CT molecular complexity index is 153. The number of nitrogens with one attached hydrogen (secondary N) is 1. The van der Waals surface area contributed by atoms with Gasteiger partial charge < -0.3 is 10.1 Å². The van der Waals surface area contributed by atoms with Crippen LogP contribution < -0.4 is 5.32 Å². The van der Waals surface area contributed by atoms with Crippen LogP contribution in [0.15, 0.2) is 0 Å². The highest BCUT2D eigenvalue weighted by atomic mass is 16.5. The summed E-state index contributed by atoms with van der Waals surface area (Å²) in [6.07, 6.45) is 8.40. The predicted octanol–water partition coefficient (Wildman–Crippen LogP) is 3.22. The largest absolute Gasteiger partial charge is 0.380 e. The van der Waals surface area contributed by atoms with E-state index in [9.17, 15) is 0 Å². The minimum absolute atomic E-state index is 0.760. The highest BCUT2D eigenvalue weighted by molar-refractivity contribution is 4.67. The highest BCUT2D eigenvalue weighted by Gasteiger charge is 2.13. The number of hydrogen-bond acceptors (Lipinski definition) is 2.